The van der Waals surface area contributed by atoms with Gasteiger partial charge in [0.05, 0.1) is 15.8 Å². The van der Waals surface area contributed by atoms with Gasteiger partial charge in [0.1, 0.15) is 0 Å². The number of urea groups is 1. The third-order valence-corrected chi connectivity index (χ3v) is 7.77. The van der Waals surface area contributed by atoms with Crippen LogP contribution in [0.4, 0.5) is 4.79 Å². The first-order chi connectivity index (χ1) is 12.8. The standard InChI is InChI=1S/C18H25Cl2N3O3S/c19-16-7-6-14(12-17(16)20)13-27(25,26)23-10-8-22(9-11-23)18(24)21-15-4-2-1-3-5-15/h6-7,12,15H,1-5,8-11,13H2,(H,21,24). The minimum atomic E-state index is -3.47. The second kappa shape index (κ2) is 8.99. The van der Waals surface area contributed by atoms with E-state index < -0.39 is 10.0 Å². The Bertz CT molecular complexity index is 774. The smallest absolute Gasteiger partial charge is 0.317 e. The van der Waals surface area contributed by atoms with Gasteiger partial charge in [-0.15, -0.1) is 0 Å². The van der Waals surface area contributed by atoms with E-state index in [1.807, 2.05) is 0 Å². The van der Waals surface area contributed by atoms with Crippen LogP contribution in [-0.4, -0.2) is 55.9 Å². The number of carbonyl (C=O) groups excluding carboxylic acids is 1. The van der Waals surface area contributed by atoms with Gasteiger partial charge in [0.25, 0.3) is 0 Å². The Morgan fingerprint density at radius 1 is 1.04 bits per heavy atom. The van der Waals surface area contributed by atoms with E-state index in [2.05, 4.69) is 5.32 Å². The number of sulfonamides is 1. The fraction of sp³-hybridized carbons (Fsp3) is 0.611. The maximum absolute atomic E-state index is 12.7. The second-order valence-electron chi connectivity index (χ2n) is 7.18. The fourth-order valence-electron chi connectivity index (χ4n) is 3.61. The summed E-state index contributed by atoms with van der Waals surface area (Å²) in [7, 11) is -3.47. The van der Waals surface area contributed by atoms with Gasteiger partial charge in [-0.25, -0.2) is 13.2 Å². The van der Waals surface area contributed by atoms with Crippen LogP contribution in [0.3, 0.4) is 0 Å². The van der Waals surface area contributed by atoms with Crippen molar-refractivity contribution >= 4 is 39.3 Å². The highest BCUT2D eigenvalue weighted by Gasteiger charge is 2.30. The van der Waals surface area contributed by atoms with Crippen molar-refractivity contribution in [3.05, 3.63) is 33.8 Å². The molecule has 0 unspecified atom stereocenters. The Kier molecular flexibility index (Phi) is 6.89. The van der Waals surface area contributed by atoms with Crippen molar-refractivity contribution in [2.45, 2.75) is 43.9 Å². The zero-order valence-electron chi connectivity index (χ0n) is 15.2. The van der Waals surface area contributed by atoms with E-state index in [1.54, 1.807) is 23.1 Å². The predicted molar refractivity (Wildman–Crippen MR) is 108 cm³/mol. The van der Waals surface area contributed by atoms with Crippen LogP contribution in [0.15, 0.2) is 18.2 Å². The summed E-state index contributed by atoms with van der Waals surface area (Å²) in [6.07, 6.45) is 5.62. The van der Waals surface area contributed by atoms with E-state index in [-0.39, 0.29) is 17.8 Å². The Morgan fingerprint density at radius 2 is 1.70 bits per heavy atom. The number of halogens is 2. The second-order valence-corrected chi connectivity index (χ2v) is 9.96. The average Bonchev–Trinajstić information content (AvgIpc) is 2.65. The van der Waals surface area contributed by atoms with Crippen LogP contribution in [0.5, 0.6) is 0 Å². The molecule has 2 amide bonds. The van der Waals surface area contributed by atoms with Gasteiger partial charge in [-0.3, -0.25) is 0 Å². The number of nitrogens with one attached hydrogen (secondary N) is 1. The molecule has 1 aromatic carbocycles. The zero-order valence-corrected chi connectivity index (χ0v) is 17.5. The molecular formula is C18H25Cl2N3O3S. The molecule has 1 saturated heterocycles. The van der Waals surface area contributed by atoms with Gasteiger partial charge < -0.3 is 10.2 Å². The number of hydrogen-bond acceptors (Lipinski definition) is 3. The van der Waals surface area contributed by atoms with Crippen molar-refractivity contribution in [1.82, 2.24) is 14.5 Å². The maximum Gasteiger partial charge on any atom is 0.317 e. The lowest BCUT2D eigenvalue weighted by Gasteiger charge is -2.35. The van der Waals surface area contributed by atoms with E-state index in [0.29, 0.717) is 41.8 Å². The predicted octanol–water partition coefficient (Wildman–Crippen LogP) is 3.48. The topological polar surface area (TPSA) is 69.7 Å². The molecule has 1 aliphatic carbocycles. The molecule has 2 aliphatic rings. The summed E-state index contributed by atoms with van der Waals surface area (Å²) >= 11 is 11.9. The molecule has 150 valence electrons. The summed E-state index contributed by atoms with van der Waals surface area (Å²) in [5.41, 5.74) is 0.599. The first-order valence-corrected chi connectivity index (χ1v) is 11.7. The first kappa shape index (κ1) is 20.7. The van der Waals surface area contributed by atoms with Gasteiger partial charge in [-0.1, -0.05) is 48.5 Å². The molecule has 0 bridgehead atoms. The summed E-state index contributed by atoms with van der Waals surface area (Å²) < 4.78 is 26.8. The maximum atomic E-state index is 12.7. The minimum Gasteiger partial charge on any atom is -0.335 e. The molecular weight excluding hydrogens is 409 g/mol. The Morgan fingerprint density at radius 3 is 2.33 bits per heavy atom. The van der Waals surface area contributed by atoms with Crippen molar-refractivity contribution in [2.24, 2.45) is 0 Å². The average molecular weight is 434 g/mol. The number of hydrogen-bond donors (Lipinski definition) is 1. The normalized spacial score (nSPS) is 19.9. The lowest BCUT2D eigenvalue weighted by Crippen LogP contribution is -2.54. The van der Waals surface area contributed by atoms with Crippen LogP contribution in [0.25, 0.3) is 0 Å². The van der Waals surface area contributed by atoms with Gasteiger partial charge >= 0.3 is 6.03 Å². The van der Waals surface area contributed by atoms with Gasteiger partial charge in [-0.05, 0) is 30.5 Å². The SMILES string of the molecule is O=C(NC1CCCCC1)N1CCN(S(=O)(=O)Cc2ccc(Cl)c(Cl)c2)CC1. The molecule has 3 rings (SSSR count). The van der Waals surface area contributed by atoms with E-state index >= 15 is 0 Å². The van der Waals surface area contributed by atoms with Gasteiger partial charge in [0, 0.05) is 32.2 Å². The third-order valence-electron chi connectivity index (χ3n) is 5.19. The summed E-state index contributed by atoms with van der Waals surface area (Å²) in [4.78, 5) is 14.1. The van der Waals surface area contributed by atoms with Crippen molar-refractivity contribution in [3.8, 4) is 0 Å². The third kappa shape index (κ3) is 5.50. The van der Waals surface area contributed by atoms with Crippen LogP contribution in [0.1, 0.15) is 37.7 Å². The highest BCUT2D eigenvalue weighted by Crippen LogP contribution is 2.24. The van der Waals surface area contributed by atoms with E-state index in [9.17, 15) is 13.2 Å². The minimum absolute atomic E-state index is 0.0802. The molecule has 0 atom stereocenters. The van der Waals surface area contributed by atoms with Crippen molar-refractivity contribution in [1.29, 1.82) is 0 Å². The molecule has 0 radical (unpaired) electrons. The van der Waals surface area contributed by atoms with Gasteiger partial charge in [0.15, 0.2) is 0 Å². The fourth-order valence-corrected chi connectivity index (χ4v) is 5.44. The number of benzene rings is 1. The molecule has 27 heavy (non-hydrogen) atoms. The highest BCUT2D eigenvalue weighted by molar-refractivity contribution is 7.88. The summed E-state index contributed by atoms with van der Waals surface area (Å²) in [5, 5.41) is 3.83. The van der Waals surface area contributed by atoms with E-state index in [1.165, 1.54) is 10.7 Å². The number of carbonyl (C=O) groups is 1. The van der Waals surface area contributed by atoms with Gasteiger partial charge in [-0.2, -0.15) is 4.31 Å². The largest absolute Gasteiger partial charge is 0.335 e. The van der Waals surface area contributed by atoms with Crippen molar-refractivity contribution in [3.63, 3.8) is 0 Å². The van der Waals surface area contributed by atoms with Gasteiger partial charge in [0.2, 0.25) is 10.0 Å². The van der Waals surface area contributed by atoms with Crippen LogP contribution < -0.4 is 5.32 Å². The molecule has 1 N–H and O–H groups in total. The Hall–Kier alpha value is -1.02. The number of amides is 2. The summed E-state index contributed by atoms with van der Waals surface area (Å²) in [6.45, 7) is 1.42. The van der Waals surface area contributed by atoms with E-state index in [0.717, 1.165) is 25.7 Å². The molecule has 1 aromatic rings. The summed E-state index contributed by atoms with van der Waals surface area (Å²) in [5.74, 6) is -0.127. The molecule has 6 nitrogen and oxygen atoms in total. The number of nitrogens with zero attached hydrogens (tertiary/aromatic N) is 2. The monoisotopic (exact) mass is 433 g/mol. The van der Waals surface area contributed by atoms with Crippen molar-refractivity contribution in [2.75, 3.05) is 26.2 Å². The zero-order chi connectivity index (χ0) is 19.4. The Labute approximate surface area is 170 Å². The number of piperazine rings is 1. The lowest BCUT2D eigenvalue weighted by molar-refractivity contribution is 0.166. The van der Waals surface area contributed by atoms with Crippen LogP contribution in [-0.2, 0) is 15.8 Å². The molecule has 2 fully saturated rings. The quantitative estimate of drug-likeness (QED) is 0.789. The first-order valence-electron chi connectivity index (χ1n) is 9.32. The van der Waals surface area contributed by atoms with Crippen LogP contribution in [0.2, 0.25) is 10.0 Å². The van der Waals surface area contributed by atoms with E-state index in [4.69, 9.17) is 23.2 Å². The molecule has 1 saturated carbocycles. The highest BCUT2D eigenvalue weighted by atomic mass is 35.5. The van der Waals surface area contributed by atoms with Crippen LogP contribution in [0, 0.1) is 0 Å². The molecule has 0 aromatic heterocycles. The molecule has 0 spiro atoms. The molecule has 1 heterocycles. The number of rotatable bonds is 4. The van der Waals surface area contributed by atoms with Crippen LogP contribution >= 0.6 is 23.2 Å². The Balaban J connectivity index is 1.52. The lowest BCUT2D eigenvalue weighted by atomic mass is 9.96. The molecule has 1 aliphatic heterocycles. The molecule has 9 heteroatoms. The summed E-state index contributed by atoms with van der Waals surface area (Å²) in [6, 6.07) is 5.02. The van der Waals surface area contributed by atoms with Crippen molar-refractivity contribution < 1.29 is 13.2 Å².